The van der Waals surface area contributed by atoms with Gasteiger partial charge in [-0.2, -0.15) is 0 Å². The summed E-state index contributed by atoms with van der Waals surface area (Å²) < 4.78 is 9.41. The first kappa shape index (κ1) is 43.9. The molecule has 0 saturated carbocycles. The fraction of sp³-hybridized carbons (Fsp3) is 0.140. The van der Waals surface area contributed by atoms with Gasteiger partial charge in [0.25, 0.3) is 0 Å². The van der Waals surface area contributed by atoms with Gasteiger partial charge in [-0.1, -0.05) is 200 Å². The van der Waals surface area contributed by atoms with Gasteiger partial charge in [-0.05, 0) is 39.8 Å². The highest BCUT2D eigenvalue weighted by molar-refractivity contribution is 5.98. The highest BCUT2D eigenvalue weighted by atomic mass is 16.5. The topological polar surface area (TPSA) is 120 Å². The van der Waals surface area contributed by atoms with Crippen molar-refractivity contribution in [2.45, 2.75) is 42.4 Å². The van der Waals surface area contributed by atoms with E-state index < -0.39 is 35.0 Å². The number of esters is 1. The third-order valence-electron chi connectivity index (χ3n) is 12.5. The van der Waals surface area contributed by atoms with Gasteiger partial charge < -0.3 is 24.5 Å². The van der Waals surface area contributed by atoms with E-state index in [0.717, 1.165) is 33.4 Å². The van der Waals surface area contributed by atoms with Crippen molar-refractivity contribution in [2.24, 2.45) is 0 Å². The minimum Gasteiger partial charge on any atom is -0.467 e. The Morgan fingerprint density at radius 1 is 0.537 bits per heavy atom. The molecule has 6 aromatic carbocycles. The Balaban J connectivity index is 1.05. The first-order valence-corrected chi connectivity index (χ1v) is 22.4. The lowest BCUT2D eigenvalue weighted by molar-refractivity contribution is -0.145. The van der Waals surface area contributed by atoms with Crippen LogP contribution in [-0.4, -0.2) is 56.1 Å². The maximum Gasteiger partial charge on any atom is 0.328 e. The van der Waals surface area contributed by atoms with Crippen molar-refractivity contribution in [3.63, 3.8) is 0 Å². The Morgan fingerprint density at radius 3 is 1.22 bits per heavy atom. The van der Waals surface area contributed by atoms with Crippen LogP contribution < -0.4 is 10.6 Å². The van der Waals surface area contributed by atoms with Gasteiger partial charge in [-0.15, -0.1) is 0 Å². The molecule has 0 aliphatic heterocycles. The lowest BCUT2D eigenvalue weighted by Gasteiger charge is -2.37. The van der Waals surface area contributed by atoms with Crippen LogP contribution in [0.25, 0.3) is 0 Å². The predicted molar refractivity (Wildman–Crippen MR) is 259 cm³/mol. The zero-order valence-electron chi connectivity index (χ0n) is 37.1. The van der Waals surface area contributed by atoms with Crippen LogP contribution in [0.2, 0.25) is 0 Å². The summed E-state index contributed by atoms with van der Waals surface area (Å²) in [6, 6.07) is 59.0. The smallest absolute Gasteiger partial charge is 0.328 e. The Bertz CT molecular complexity index is 2790. The molecule has 2 N–H and O–H groups in total. The zero-order valence-corrected chi connectivity index (χ0v) is 37.1. The van der Waals surface area contributed by atoms with Crippen LogP contribution in [0.5, 0.6) is 0 Å². The largest absolute Gasteiger partial charge is 0.467 e. The average molecular weight is 883 g/mol. The molecule has 0 bridgehead atoms. The average Bonchev–Trinajstić information content (AvgIpc) is 4.21. The number of hydrogen-bond donors (Lipinski definition) is 2. The van der Waals surface area contributed by atoms with Crippen molar-refractivity contribution in [3.8, 4) is 0 Å². The minimum absolute atomic E-state index is 0.0119. The first-order valence-electron chi connectivity index (χ1n) is 22.4. The van der Waals surface area contributed by atoms with E-state index in [2.05, 4.69) is 92.6 Å². The van der Waals surface area contributed by atoms with Gasteiger partial charge in [-0.25, -0.2) is 14.8 Å². The molecule has 2 amide bonds. The third kappa shape index (κ3) is 8.77. The molecule has 332 valence electrons. The van der Waals surface area contributed by atoms with Crippen LogP contribution in [0.3, 0.4) is 0 Å². The van der Waals surface area contributed by atoms with Gasteiger partial charge in [0.2, 0.25) is 11.8 Å². The van der Waals surface area contributed by atoms with Crippen molar-refractivity contribution in [1.82, 2.24) is 29.7 Å². The summed E-state index contributed by atoms with van der Waals surface area (Å²) in [7, 11) is 1.29. The van der Waals surface area contributed by atoms with Gasteiger partial charge >= 0.3 is 5.97 Å². The summed E-state index contributed by atoms with van der Waals surface area (Å²) in [6.07, 6.45) is 13.3. The molecule has 67 heavy (non-hydrogen) atoms. The number of amides is 2. The molecule has 1 aliphatic carbocycles. The number of rotatable bonds is 17. The van der Waals surface area contributed by atoms with E-state index in [4.69, 9.17) is 14.7 Å². The highest BCUT2D eigenvalue weighted by Crippen LogP contribution is 2.42. The SMILES string of the molecule is COC(=O)[C@H](Cc1cn(C(c2ccccc2)(c2ccccc2)c2ccccc2)cn1)NC(=O)[C@H](Cc1cn(C(c2ccccc2)(c2ccccc2)c2ccccc2)cn1)NC(=O)C1=CC=CC1. The number of allylic oxidation sites excluding steroid dienone is 3. The fourth-order valence-corrected chi connectivity index (χ4v) is 9.38. The molecule has 9 rings (SSSR count). The Morgan fingerprint density at radius 2 is 0.896 bits per heavy atom. The predicted octanol–water partition coefficient (Wildman–Crippen LogP) is 8.57. The maximum atomic E-state index is 14.7. The van der Waals surface area contributed by atoms with E-state index in [1.165, 1.54) is 7.11 Å². The van der Waals surface area contributed by atoms with E-state index in [-0.39, 0.29) is 18.7 Å². The van der Waals surface area contributed by atoms with Crippen molar-refractivity contribution in [2.75, 3.05) is 7.11 Å². The number of nitrogens with zero attached hydrogens (tertiary/aromatic N) is 4. The summed E-state index contributed by atoms with van der Waals surface area (Å²) in [4.78, 5) is 51.8. The van der Waals surface area contributed by atoms with Crippen LogP contribution in [0.15, 0.2) is 231 Å². The van der Waals surface area contributed by atoms with Crippen LogP contribution in [0.1, 0.15) is 51.2 Å². The number of hydrogen-bond acceptors (Lipinski definition) is 6. The third-order valence-corrected chi connectivity index (χ3v) is 12.5. The Hall–Kier alpha value is -8.37. The standard InChI is InChI=1S/C57H50N6O4/c1-67-55(66)52(37-50-39-63(41-59-50)57(46-30-14-5-15-31-46,47-32-16-6-17-33-47)48-34-18-7-19-35-48)61-54(65)51(60-53(64)42-22-20-21-23-42)36-49-38-62(40-58-49)56(43-24-8-2-9-25-43,44-26-10-3-11-27-44)45-28-12-4-13-29-45/h2-22,24-35,38-41,51-52H,23,36-37H2,1H3,(H,60,64)(H,61,65)/t51-,52-/m0/s1. The summed E-state index contributed by atoms with van der Waals surface area (Å²) >= 11 is 0. The van der Waals surface area contributed by atoms with Crippen LogP contribution >= 0.6 is 0 Å². The van der Waals surface area contributed by atoms with E-state index in [1.807, 2.05) is 134 Å². The Kier molecular flexibility index (Phi) is 13.0. The Labute approximate surface area is 390 Å². The van der Waals surface area contributed by atoms with E-state index in [9.17, 15) is 14.4 Å². The zero-order chi connectivity index (χ0) is 46.1. The van der Waals surface area contributed by atoms with Crippen LogP contribution in [0, 0.1) is 0 Å². The number of imidazole rings is 2. The van der Waals surface area contributed by atoms with E-state index in [0.29, 0.717) is 23.4 Å². The molecule has 2 aromatic heterocycles. The first-order chi connectivity index (χ1) is 32.9. The lowest BCUT2D eigenvalue weighted by Crippen LogP contribution is -2.53. The summed E-state index contributed by atoms with van der Waals surface area (Å²) in [5.41, 5.74) is 6.01. The number of ether oxygens (including phenoxy) is 1. The number of aromatic nitrogens is 4. The highest BCUT2D eigenvalue weighted by Gasteiger charge is 2.40. The monoisotopic (exact) mass is 882 g/mol. The molecule has 0 fully saturated rings. The second-order valence-electron chi connectivity index (χ2n) is 16.5. The fourth-order valence-electron chi connectivity index (χ4n) is 9.38. The summed E-state index contributed by atoms with van der Waals surface area (Å²) in [6.45, 7) is 0. The van der Waals surface area contributed by atoms with E-state index >= 15 is 0 Å². The van der Waals surface area contributed by atoms with Crippen LogP contribution in [0.4, 0.5) is 0 Å². The number of nitrogens with one attached hydrogen (secondary N) is 2. The van der Waals surface area contributed by atoms with Crippen molar-refractivity contribution >= 4 is 17.8 Å². The van der Waals surface area contributed by atoms with E-state index in [1.54, 1.807) is 18.7 Å². The minimum atomic E-state index is -1.15. The van der Waals surface area contributed by atoms with Crippen molar-refractivity contribution in [1.29, 1.82) is 0 Å². The van der Waals surface area contributed by atoms with Crippen LogP contribution in [-0.2, 0) is 43.0 Å². The molecule has 8 aromatic rings. The summed E-state index contributed by atoms with van der Waals surface area (Å²) in [5.74, 6) is -1.61. The molecule has 2 heterocycles. The molecule has 0 spiro atoms. The number of carbonyl (C=O) groups is 3. The van der Waals surface area contributed by atoms with Gasteiger partial charge in [0, 0.05) is 30.8 Å². The number of benzene rings is 6. The van der Waals surface area contributed by atoms with Gasteiger partial charge in [0.15, 0.2) is 0 Å². The molecule has 0 radical (unpaired) electrons. The molecule has 0 unspecified atom stereocenters. The van der Waals surface area contributed by atoms with Gasteiger partial charge in [-0.3, -0.25) is 9.59 Å². The molecule has 10 nitrogen and oxygen atoms in total. The molecular formula is C57H50N6O4. The number of carbonyl (C=O) groups excluding carboxylic acids is 3. The van der Waals surface area contributed by atoms with Crippen molar-refractivity contribution < 1.29 is 19.1 Å². The molecule has 10 heteroatoms. The quantitative estimate of drug-likeness (QED) is 0.0699. The molecule has 2 atom stereocenters. The van der Waals surface area contributed by atoms with Gasteiger partial charge in [0.05, 0.1) is 31.2 Å². The maximum absolute atomic E-state index is 14.7. The normalized spacial score (nSPS) is 13.3. The summed E-state index contributed by atoms with van der Waals surface area (Å²) in [5, 5.41) is 5.92. The van der Waals surface area contributed by atoms with Gasteiger partial charge in [0.1, 0.15) is 23.2 Å². The second-order valence-corrected chi connectivity index (χ2v) is 16.5. The lowest BCUT2D eigenvalue weighted by atomic mass is 9.77. The van der Waals surface area contributed by atoms with Crippen molar-refractivity contribution in [3.05, 3.63) is 276 Å². The number of methoxy groups -OCH3 is 1. The molecular weight excluding hydrogens is 833 g/mol. The molecule has 0 saturated heterocycles. The second kappa shape index (κ2) is 19.8. The molecule has 1 aliphatic rings.